The molecule has 2 aromatic heterocycles. The molecule has 41 heavy (non-hydrogen) atoms. The van der Waals surface area contributed by atoms with Crippen molar-refractivity contribution < 1.29 is 27.1 Å². The molecular weight excluding hydrogens is 569 g/mol. The number of aryl methyl sites for hydroxylation is 2. The molecule has 0 bridgehead atoms. The first-order chi connectivity index (χ1) is 19.3. The van der Waals surface area contributed by atoms with Crippen LogP contribution in [0.4, 0.5) is 4.39 Å². The van der Waals surface area contributed by atoms with E-state index in [2.05, 4.69) is 9.97 Å². The number of nitrogens with two attached hydrogens (primary N) is 1. The summed E-state index contributed by atoms with van der Waals surface area (Å²) in [4.78, 5) is 36.2. The van der Waals surface area contributed by atoms with E-state index >= 15 is 0 Å². The highest BCUT2D eigenvalue weighted by molar-refractivity contribution is 7.91. The lowest BCUT2D eigenvalue weighted by molar-refractivity contribution is -0.134. The van der Waals surface area contributed by atoms with Gasteiger partial charge in [-0.15, -0.1) is 11.3 Å². The maximum atomic E-state index is 14.0. The molecule has 1 aliphatic carbocycles. The van der Waals surface area contributed by atoms with Gasteiger partial charge in [0.25, 0.3) is 15.9 Å². The van der Waals surface area contributed by atoms with Crippen molar-refractivity contribution in [3.8, 4) is 5.75 Å². The molecule has 1 aromatic carbocycles. The highest BCUT2D eigenvalue weighted by Gasteiger charge is 2.54. The Morgan fingerprint density at radius 2 is 1.98 bits per heavy atom. The fraction of sp³-hybridized carbons (Fsp3) is 0.429. The Bertz CT molecular complexity index is 1530. The van der Waals surface area contributed by atoms with Crippen molar-refractivity contribution in [3.63, 3.8) is 0 Å². The van der Waals surface area contributed by atoms with Gasteiger partial charge < -0.3 is 15.4 Å². The van der Waals surface area contributed by atoms with Crippen LogP contribution >= 0.6 is 11.3 Å². The first kappa shape index (κ1) is 30.5. The van der Waals surface area contributed by atoms with Gasteiger partial charge in [0.1, 0.15) is 27.1 Å². The molecule has 220 valence electrons. The van der Waals surface area contributed by atoms with Crippen LogP contribution in [-0.2, 0) is 33.2 Å². The minimum atomic E-state index is -4.14. The number of rotatable bonds is 12. The molecule has 0 radical (unpaired) electrons. The van der Waals surface area contributed by atoms with Crippen LogP contribution in [0.5, 0.6) is 5.75 Å². The van der Waals surface area contributed by atoms with E-state index in [1.807, 2.05) is 10.8 Å². The quantitative estimate of drug-likeness (QED) is 0.320. The van der Waals surface area contributed by atoms with Crippen molar-refractivity contribution in [1.82, 2.24) is 19.6 Å². The fourth-order valence-corrected chi connectivity index (χ4v) is 5.95. The summed E-state index contributed by atoms with van der Waals surface area (Å²) in [5.74, 6) is -0.718. The second-order valence-electron chi connectivity index (χ2n) is 10.7. The SMILES string of the molecule is COc1ccc(C2(C(=O)N(CCCc3cccc(F)c3)Cc3nc(C(=O)NS(=O)(=O)C(C)(C)N)c(C)s3)CC2)nc1. The number of benzene rings is 1. The Labute approximate surface area is 243 Å². The minimum absolute atomic E-state index is 0.0389. The average molecular weight is 604 g/mol. The predicted molar refractivity (Wildman–Crippen MR) is 153 cm³/mol. The second kappa shape index (κ2) is 11.8. The van der Waals surface area contributed by atoms with Crippen molar-refractivity contribution >= 4 is 33.2 Å². The molecule has 0 spiro atoms. The molecule has 0 aliphatic heterocycles. The van der Waals surface area contributed by atoms with E-state index in [1.165, 1.54) is 37.3 Å². The minimum Gasteiger partial charge on any atom is -0.495 e. The van der Waals surface area contributed by atoms with Crippen molar-refractivity contribution in [2.24, 2.45) is 5.73 Å². The lowest BCUT2D eigenvalue weighted by Crippen LogP contribution is -2.50. The van der Waals surface area contributed by atoms with Gasteiger partial charge in [-0.3, -0.25) is 14.6 Å². The smallest absolute Gasteiger partial charge is 0.284 e. The van der Waals surface area contributed by atoms with E-state index in [0.717, 1.165) is 5.56 Å². The maximum absolute atomic E-state index is 14.0. The van der Waals surface area contributed by atoms with E-state index in [4.69, 9.17) is 10.5 Å². The first-order valence-electron chi connectivity index (χ1n) is 13.1. The zero-order valence-electron chi connectivity index (χ0n) is 23.4. The summed E-state index contributed by atoms with van der Waals surface area (Å²) in [5, 5.41) is 0.481. The molecule has 1 saturated carbocycles. The number of methoxy groups -OCH3 is 1. The molecule has 2 heterocycles. The summed E-state index contributed by atoms with van der Waals surface area (Å²) in [5.41, 5.74) is 6.37. The van der Waals surface area contributed by atoms with Gasteiger partial charge in [-0.05, 0) is 76.3 Å². The van der Waals surface area contributed by atoms with Crippen LogP contribution in [0.15, 0.2) is 42.6 Å². The number of carbonyl (C=O) groups is 2. The zero-order valence-corrected chi connectivity index (χ0v) is 25.1. The Balaban J connectivity index is 1.56. The number of hydrogen-bond acceptors (Lipinski definition) is 9. The monoisotopic (exact) mass is 603 g/mol. The van der Waals surface area contributed by atoms with Crippen LogP contribution in [0, 0.1) is 12.7 Å². The summed E-state index contributed by atoms with van der Waals surface area (Å²) in [6, 6.07) is 9.92. The van der Waals surface area contributed by atoms with Crippen molar-refractivity contribution in [2.45, 2.75) is 63.3 Å². The standard InChI is InChI=1S/C28H34FN5O5S2/c1-18-24(25(35)33-41(37,38)27(2,3)30)32-23(40-18)17-34(14-6-8-19-7-5-9-20(29)15-19)26(36)28(12-13-28)22-11-10-21(39-4)16-31-22/h5,7,9-11,15-16H,6,8,12-14,17,30H2,1-4H3,(H,33,35). The number of carbonyl (C=O) groups excluding carboxylic acids is 2. The molecule has 3 N–H and O–H groups in total. The van der Waals surface area contributed by atoms with E-state index in [9.17, 15) is 22.4 Å². The van der Waals surface area contributed by atoms with Gasteiger partial charge in [0, 0.05) is 11.4 Å². The molecule has 4 rings (SSSR count). The molecule has 3 aromatic rings. The van der Waals surface area contributed by atoms with Crippen molar-refractivity contribution in [2.75, 3.05) is 13.7 Å². The molecule has 0 unspecified atom stereocenters. The molecule has 0 atom stereocenters. The summed E-state index contributed by atoms with van der Waals surface area (Å²) in [7, 11) is -2.59. The van der Waals surface area contributed by atoms with E-state index in [0.29, 0.717) is 53.6 Å². The largest absolute Gasteiger partial charge is 0.495 e. The first-order valence-corrected chi connectivity index (χ1v) is 15.4. The number of thiazole rings is 1. The van der Waals surface area contributed by atoms with Crippen LogP contribution < -0.4 is 15.2 Å². The number of hydrogen-bond donors (Lipinski definition) is 2. The maximum Gasteiger partial charge on any atom is 0.284 e. The number of amides is 2. The van der Waals surface area contributed by atoms with Gasteiger partial charge in [0.05, 0.1) is 31.0 Å². The zero-order chi connectivity index (χ0) is 30.0. The molecular formula is C28H34FN5O5S2. The average Bonchev–Trinajstić information content (AvgIpc) is 3.63. The second-order valence-corrected chi connectivity index (χ2v) is 14.2. The summed E-state index contributed by atoms with van der Waals surface area (Å²) in [6.07, 6.45) is 4.00. The lowest BCUT2D eigenvalue weighted by atomic mass is 9.99. The number of aromatic nitrogens is 2. The highest BCUT2D eigenvalue weighted by atomic mass is 32.2. The van der Waals surface area contributed by atoms with E-state index < -0.39 is 26.2 Å². The number of nitrogens with zero attached hydrogens (tertiary/aromatic N) is 3. The Kier molecular flexibility index (Phi) is 8.81. The summed E-state index contributed by atoms with van der Waals surface area (Å²) in [6.45, 7) is 4.70. The van der Waals surface area contributed by atoms with Crippen molar-refractivity contribution in [1.29, 1.82) is 0 Å². The Morgan fingerprint density at radius 3 is 2.56 bits per heavy atom. The van der Waals surface area contributed by atoms with E-state index in [-0.39, 0.29) is 24.0 Å². The summed E-state index contributed by atoms with van der Waals surface area (Å²) < 4.78 is 45.7. The number of halogens is 1. The topological polar surface area (TPSA) is 145 Å². The molecule has 2 amide bonds. The molecule has 1 fully saturated rings. The van der Waals surface area contributed by atoms with Crippen molar-refractivity contribution in [3.05, 3.63) is 75.2 Å². The molecule has 13 heteroatoms. The summed E-state index contributed by atoms with van der Waals surface area (Å²) >= 11 is 1.21. The number of ether oxygens (including phenoxy) is 1. The number of pyridine rings is 1. The Hall–Kier alpha value is -3.42. The van der Waals surface area contributed by atoms with Crippen LogP contribution in [-0.4, -0.2) is 53.6 Å². The fourth-order valence-electron chi connectivity index (χ4n) is 4.41. The van der Waals surface area contributed by atoms with Crippen LogP contribution in [0.2, 0.25) is 0 Å². The third kappa shape index (κ3) is 6.91. The van der Waals surface area contributed by atoms with Gasteiger partial charge in [0.15, 0.2) is 0 Å². The third-order valence-corrected chi connectivity index (χ3v) is 9.79. The van der Waals surface area contributed by atoms with Crippen LogP contribution in [0.1, 0.15) is 64.7 Å². The highest BCUT2D eigenvalue weighted by Crippen LogP contribution is 2.49. The van der Waals surface area contributed by atoms with E-state index in [1.54, 1.807) is 43.3 Å². The van der Waals surface area contributed by atoms with Gasteiger partial charge in [-0.2, -0.15) is 0 Å². The van der Waals surface area contributed by atoms with Gasteiger partial charge in [-0.25, -0.2) is 22.5 Å². The predicted octanol–water partition coefficient (Wildman–Crippen LogP) is 3.44. The third-order valence-electron chi connectivity index (χ3n) is 6.99. The van der Waals surface area contributed by atoms with Gasteiger partial charge >= 0.3 is 0 Å². The van der Waals surface area contributed by atoms with Crippen LogP contribution in [0.25, 0.3) is 0 Å². The number of sulfonamides is 1. The Morgan fingerprint density at radius 1 is 1.24 bits per heavy atom. The molecule has 1 aliphatic rings. The number of nitrogens with one attached hydrogen (secondary N) is 1. The lowest BCUT2D eigenvalue weighted by Gasteiger charge is -2.27. The van der Waals surface area contributed by atoms with Gasteiger partial charge in [-0.1, -0.05) is 12.1 Å². The van der Waals surface area contributed by atoms with Gasteiger partial charge in [0.2, 0.25) is 5.91 Å². The van der Waals surface area contributed by atoms with Crippen LogP contribution in [0.3, 0.4) is 0 Å². The molecule has 0 saturated heterocycles. The normalized spacial score (nSPS) is 14.4. The molecule has 10 nitrogen and oxygen atoms in total.